The lowest BCUT2D eigenvalue weighted by Crippen LogP contribution is -2.34. The van der Waals surface area contributed by atoms with Crippen molar-refractivity contribution >= 4 is 16.7 Å². The number of nitrogens with one attached hydrogen (secondary N) is 1. The summed E-state index contributed by atoms with van der Waals surface area (Å²) in [7, 11) is 0. The number of nitrogens with two attached hydrogens (primary N) is 1. The molecule has 10 nitrogen and oxygen atoms in total. The van der Waals surface area contributed by atoms with E-state index in [9.17, 15) is 19.8 Å². The molecule has 2 heterocycles. The molecule has 0 aromatic heterocycles. The number of anilines is 1. The molecule has 2 aliphatic heterocycles. The molecular formula is C16H19N5O5. The van der Waals surface area contributed by atoms with Crippen molar-refractivity contribution in [2.45, 2.75) is 32.1 Å². The van der Waals surface area contributed by atoms with E-state index < -0.39 is 23.5 Å². The molecule has 0 saturated heterocycles. The van der Waals surface area contributed by atoms with E-state index >= 15 is 0 Å². The number of nitrogen functional groups attached to an aromatic ring is 1. The second kappa shape index (κ2) is 6.83. The predicted octanol–water partition coefficient (Wildman–Crippen LogP) is -1.42. The van der Waals surface area contributed by atoms with Crippen molar-refractivity contribution in [3.05, 3.63) is 38.5 Å². The molecule has 0 spiro atoms. The quantitative estimate of drug-likeness (QED) is 0.272. The van der Waals surface area contributed by atoms with Crippen LogP contribution in [-0.2, 0) is 6.54 Å². The van der Waals surface area contributed by atoms with E-state index in [4.69, 9.17) is 10.8 Å². The number of H-pyrrole nitrogens is 1. The molecular weight excluding hydrogens is 342 g/mol. The lowest BCUT2D eigenvalue weighted by Gasteiger charge is -2.22. The zero-order valence-corrected chi connectivity index (χ0v) is 14.0. The minimum absolute atomic E-state index is 0.0231. The molecule has 0 amide bonds. The number of rotatable bonds is 5. The maximum Gasteiger partial charge on any atom is 0.349 e. The summed E-state index contributed by atoms with van der Waals surface area (Å²) in [5.74, 6) is -0.0234. The van der Waals surface area contributed by atoms with E-state index in [0.29, 0.717) is 16.7 Å². The first kappa shape index (κ1) is 18.0. The van der Waals surface area contributed by atoms with Crippen LogP contribution in [0.4, 0.5) is 5.69 Å². The Hall–Kier alpha value is -2.82. The van der Waals surface area contributed by atoms with Crippen molar-refractivity contribution < 1.29 is 15.3 Å². The first-order valence-corrected chi connectivity index (χ1v) is 7.99. The summed E-state index contributed by atoms with van der Waals surface area (Å²) in [6.45, 7) is 1.32. The van der Waals surface area contributed by atoms with Gasteiger partial charge < -0.3 is 25.6 Å². The number of aromatic amines is 1. The Kier molecular flexibility index (Phi) is 4.72. The monoisotopic (exact) mass is 361 g/mol. The highest BCUT2D eigenvalue weighted by atomic mass is 16.3. The molecule has 10 heteroatoms. The van der Waals surface area contributed by atoms with Crippen LogP contribution in [0.15, 0.2) is 21.7 Å². The summed E-state index contributed by atoms with van der Waals surface area (Å²) in [6.07, 6.45) is -2.48. The molecule has 26 heavy (non-hydrogen) atoms. The van der Waals surface area contributed by atoms with Crippen LogP contribution in [0.3, 0.4) is 0 Å². The SMILES string of the molecule is Cc1cc2nc3c(=O)[nH]c(=O)nc-3n(CC(O)C(O)CCO)c2cc1N. The minimum atomic E-state index is -1.26. The first-order valence-electron chi connectivity index (χ1n) is 7.99. The molecule has 0 aliphatic carbocycles. The van der Waals surface area contributed by atoms with Crippen LogP contribution >= 0.6 is 0 Å². The van der Waals surface area contributed by atoms with Gasteiger partial charge in [-0.15, -0.1) is 0 Å². The van der Waals surface area contributed by atoms with Crippen LogP contribution in [0, 0.1) is 6.92 Å². The van der Waals surface area contributed by atoms with Crippen LogP contribution in [0.1, 0.15) is 12.0 Å². The van der Waals surface area contributed by atoms with E-state index in [1.54, 1.807) is 19.1 Å². The molecule has 6 N–H and O–H groups in total. The average molecular weight is 361 g/mol. The van der Waals surface area contributed by atoms with E-state index in [2.05, 4.69) is 15.0 Å². The third-order valence-corrected chi connectivity index (χ3v) is 4.24. The van der Waals surface area contributed by atoms with Crippen LogP contribution < -0.4 is 17.0 Å². The summed E-state index contributed by atoms with van der Waals surface area (Å²) in [6, 6.07) is 3.29. The highest BCUT2D eigenvalue weighted by Crippen LogP contribution is 2.25. The van der Waals surface area contributed by atoms with Gasteiger partial charge in [-0.1, -0.05) is 0 Å². The fourth-order valence-electron chi connectivity index (χ4n) is 2.78. The molecule has 0 bridgehead atoms. The van der Waals surface area contributed by atoms with Crippen LogP contribution in [0.5, 0.6) is 0 Å². The van der Waals surface area contributed by atoms with Crippen LogP contribution in [0.25, 0.3) is 22.6 Å². The van der Waals surface area contributed by atoms with E-state index in [0.717, 1.165) is 5.56 Å². The topological polar surface area (TPSA) is 167 Å². The van der Waals surface area contributed by atoms with Crippen molar-refractivity contribution in [3.63, 3.8) is 0 Å². The van der Waals surface area contributed by atoms with Gasteiger partial charge >= 0.3 is 5.69 Å². The number of fused-ring (bicyclic) bond motifs is 2. The Balaban J connectivity index is 2.29. The first-order chi connectivity index (χ1) is 12.3. The zero-order valence-electron chi connectivity index (χ0n) is 14.0. The number of benzene rings is 1. The van der Waals surface area contributed by atoms with Gasteiger partial charge in [-0.25, -0.2) is 9.78 Å². The third kappa shape index (κ3) is 3.17. The maximum atomic E-state index is 12.1. The summed E-state index contributed by atoms with van der Waals surface area (Å²) in [4.78, 5) is 33.9. The standard InChI is InChI=1S/C16H19N5O5/c1-7-4-9-10(5-8(7)17)21(6-12(24)11(23)2-3-22)14-13(18-9)15(25)20-16(26)19-14/h4-5,11-12,22-24H,2-3,6,17H2,1H3,(H,20,25,26). The normalized spacial score (nSPS) is 14.0. The minimum Gasteiger partial charge on any atom is -0.398 e. The average Bonchev–Trinajstić information content (AvgIpc) is 2.57. The second-order valence-electron chi connectivity index (χ2n) is 6.11. The Morgan fingerprint density at radius 1 is 1.23 bits per heavy atom. The second-order valence-corrected chi connectivity index (χ2v) is 6.11. The van der Waals surface area contributed by atoms with E-state index in [1.165, 1.54) is 4.57 Å². The molecule has 3 rings (SSSR count). The molecule has 0 saturated carbocycles. The number of nitrogens with zero attached hydrogens (tertiary/aromatic N) is 3. The molecule has 138 valence electrons. The van der Waals surface area contributed by atoms with Gasteiger partial charge in [0, 0.05) is 12.3 Å². The Bertz CT molecular complexity index is 1040. The van der Waals surface area contributed by atoms with Gasteiger partial charge in [-0.3, -0.25) is 9.78 Å². The lowest BCUT2D eigenvalue weighted by atomic mass is 10.1. The maximum absolute atomic E-state index is 12.1. The smallest absolute Gasteiger partial charge is 0.349 e. The van der Waals surface area contributed by atoms with E-state index in [1.807, 2.05) is 0 Å². The molecule has 1 aromatic carbocycles. The van der Waals surface area contributed by atoms with Gasteiger partial charge in [0.25, 0.3) is 5.56 Å². The van der Waals surface area contributed by atoms with Crippen LogP contribution in [0.2, 0.25) is 0 Å². The highest BCUT2D eigenvalue weighted by Gasteiger charge is 2.23. The molecule has 1 aromatic rings. The molecule has 2 unspecified atom stereocenters. The van der Waals surface area contributed by atoms with Gasteiger partial charge in [0.15, 0.2) is 11.5 Å². The fraction of sp³-hybridized carbons (Fsp3) is 0.375. The van der Waals surface area contributed by atoms with Gasteiger partial charge in [-0.2, -0.15) is 4.98 Å². The number of aromatic nitrogens is 4. The summed E-state index contributed by atoms with van der Waals surface area (Å²) in [5, 5.41) is 29.1. The van der Waals surface area contributed by atoms with Crippen molar-refractivity contribution in [2.75, 3.05) is 12.3 Å². The number of aliphatic hydroxyl groups excluding tert-OH is 3. The van der Waals surface area contributed by atoms with Gasteiger partial charge in [0.2, 0.25) is 0 Å². The molecule has 2 aliphatic rings. The Morgan fingerprint density at radius 2 is 1.96 bits per heavy atom. The highest BCUT2D eigenvalue weighted by molar-refractivity contribution is 5.83. The number of hydrogen-bond donors (Lipinski definition) is 5. The van der Waals surface area contributed by atoms with Gasteiger partial charge in [0.1, 0.15) is 0 Å². The fourth-order valence-corrected chi connectivity index (χ4v) is 2.78. The molecule has 0 fully saturated rings. The van der Waals surface area contributed by atoms with Crippen molar-refractivity contribution in [1.82, 2.24) is 19.5 Å². The third-order valence-electron chi connectivity index (χ3n) is 4.24. The van der Waals surface area contributed by atoms with Crippen molar-refractivity contribution in [1.29, 1.82) is 0 Å². The predicted molar refractivity (Wildman–Crippen MR) is 93.9 cm³/mol. The van der Waals surface area contributed by atoms with Crippen molar-refractivity contribution in [2.24, 2.45) is 0 Å². The number of aryl methyl sites for hydroxylation is 1. The summed E-state index contributed by atoms with van der Waals surface area (Å²) >= 11 is 0. The molecule has 0 radical (unpaired) electrons. The Labute approximate surface area is 146 Å². The number of hydrogen-bond acceptors (Lipinski definition) is 8. The summed E-state index contributed by atoms with van der Waals surface area (Å²) in [5.41, 5.74) is 6.45. The summed E-state index contributed by atoms with van der Waals surface area (Å²) < 4.78 is 1.43. The van der Waals surface area contributed by atoms with Gasteiger partial charge in [-0.05, 0) is 31.0 Å². The largest absolute Gasteiger partial charge is 0.398 e. The Morgan fingerprint density at radius 3 is 2.65 bits per heavy atom. The molecule has 2 atom stereocenters. The van der Waals surface area contributed by atoms with Crippen molar-refractivity contribution in [3.8, 4) is 11.5 Å². The van der Waals surface area contributed by atoms with Gasteiger partial charge in [0.05, 0.1) is 29.8 Å². The van der Waals surface area contributed by atoms with E-state index in [-0.39, 0.29) is 31.1 Å². The van der Waals surface area contributed by atoms with Crippen LogP contribution in [-0.4, -0.2) is 53.7 Å². The lowest BCUT2D eigenvalue weighted by molar-refractivity contribution is -0.00282. The number of aliphatic hydroxyl groups is 3. The zero-order chi connectivity index (χ0) is 19.0.